The highest BCUT2D eigenvalue weighted by molar-refractivity contribution is 9.10. The molecule has 0 aromatic carbocycles. The molecule has 0 spiro atoms. The maximum absolute atomic E-state index is 4.48. The number of rotatable bonds is 5. The van der Waals surface area contributed by atoms with Gasteiger partial charge in [-0.25, -0.2) is 4.52 Å². The molecule has 4 nitrogen and oxygen atoms in total. The zero-order valence-corrected chi connectivity index (χ0v) is 11.7. The number of hydrogen-bond acceptors (Lipinski definition) is 3. The molecule has 0 radical (unpaired) electrons. The molecule has 5 heteroatoms. The molecule has 2 aromatic heterocycles. The predicted molar refractivity (Wildman–Crippen MR) is 73.3 cm³/mol. The molecule has 0 aliphatic rings. The van der Waals surface area contributed by atoms with E-state index in [1.807, 2.05) is 18.3 Å². The number of hydrogen-bond donors (Lipinski definition) is 1. The normalized spacial score (nSPS) is 12.9. The van der Waals surface area contributed by atoms with Gasteiger partial charge in [0.25, 0.3) is 0 Å². The maximum atomic E-state index is 4.48. The van der Waals surface area contributed by atoms with E-state index in [0.29, 0.717) is 12.0 Å². The van der Waals surface area contributed by atoms with Gasteiger partial charge in [-0.15, -0.1) is 5.10 Å². The third kappa shape index (κ3) is 2.77. The number of halogens is 1. The topological polar surface area (TPSA) is 42.2 Å². The first-order valence-corrected chi connectivity index (χ1v) is 6.81. The molecule has 0 fully saturated rings. The van der Waals surface area contributed by atoms with Crippen molar-refractivity contribution in [2.24, 2.45) is 0 Å². The van der Waals surface area contributed by atoms with E-state index in [1.54, 1.807) is 4.52 Å². The van der Waals surface area contributed by atoms with E-state index >= 15 is 0 Å². The number of aromatic nitrogens is 3. The Labute approximate surface area is 110 Å². The van der Waals surface area contributed by atoms with Crippen LogP contribution in [0.4, 0.5) is 5.95 Å². The Bertz CT molecular complexity index is 494. The van der Waals surface area contributed by atoms with E-state index in [9.17, 15) is 0 Å². The summed E-state index contributed by atoms with van der Waals surface area (Å²) in [6.45, 7) is 4.37. The number of fused-ring (bicyclic) bond motifs is 1. The molecular formula is C12H17BrN4. The van der Waals surface area contributed by atoms with Gasteiger partial charge in [0, 0.05) is 12.2 Å². The number of nitrogens with one attached hydrogen (secondary N) is 1. The van der Waals surface area contributed by atoms with Crippen LogP contribution in [0.5, 0.6) is 0 Å². The van der Waals surface area contributed by atoms with Crippen molar-refractivity contribution in [3.63, 3.8) is 0 Å². The minimum Gasteiger partial charge on any atom is -0.350 e. The SMILES string of the molecule is CCCC(CC)Nc1nc2c(Br)cccn2n1. The Morgan fingerprint density at radius 1 is 1.47 bits per heavy atom. The second kappa shape index (κ2) is 5.49. The largest absolute Gasteiger partial charge is 0.350 e. The third-order valence-corrected chi connectivity index (χ3v) is 3.40. The first-order chi connectivity index (χ1) is 8.24. The highest BCUT2D eigenvalue weighted by Crippen LogP contribution is 2.17. The monoisotopic (exact) mass is 296 g/mol. The van der Waals surface area contributed by atoms with Crippen molar-refractivity contribution < 1.29 is 0 Å². The van der Waals surface area contributed by atoms with Gasteiger partial charge in [0.2, 0.25) is 5.95 Å². The molecule has 0 aliphatic heterocycles. The smallest absolute Gasteiger partial charge is 0.243 e. The van der Waals surface area contributed by atoms with E-state index in [2.05, 4.69) is 45.2 Å². The van der Waals surface area contributed by atoms with Crippen molar-refractivity contribution >= 4 is 27.5 Å². The average molecular weight is 297 g/mol. The van der Waals surface area contributed by atoms with Crippen molar-refractivity contribution in [3.05, 3.63) is 22.8 Å². The summed E-state index contributed by atoms with van der Waals surface area (Å²) in [6, 6.07) is 4.37. The Morgan fingerprint density at radius 3 is 2.94 bits per heavy atom. The van der Waals surface area contributed by atoms with Gasteiger partial charge in [-0.2, -0.15) is 4.98 Å². The van der Waals surface area contributed by atoms with E-state index in [0.717, 1.165) is 23.0 Å². The molecule has 0 saturated heterocycles. The standard InChI is InChI=1S/C12H17BrN4/c1-3-6-9(4-2)14-12-15-11-10(13)7-5-8-17(11)16-12/h5,7-9H,3-4,6H2,1-2H3,(H,14,16). The third-order valence-electron chi connectivity index (χ3n) is 2.78. The molecule has 2 heterocycles. The van der Waals surface area contributed by atoms with Crippen LogP contribution in [-0.4, -0.2) is 20.6 Å². The summed E-state index contributed by atoms with van der Waals surface area (Å²) < 4.78 is 2.74. The highest BCUT2D eigenvalue weighted by Gasteiger charge is 2.10. The van der Waals surface area contributed by atoms with Crippen LogP contribution in [0.15, 0.2) is 22.8 Å². The summed E-state index contributed by atoms with van der Waals surface area (Å²) in [6.07, 6.45) is 5.30. The van der Waals surface area contributed by atoms with Crippen molar-refractivity contribution in [3.8, 4) is 0 Å². The molecular weight excluding hydrogens is 280 g/mol. The lowest BCUT2D eigenvalue weighted by atomic mass is 10.1. The number of pyridine rings is 1. The quantitative estimate of drug-likeness (QED) is 0.918. The van der Waals surface area contributed by atoms with E-state index in [-0.39, 0.29) is 0 Å². The minimum absolute atomic E-state index is 0.455. The van der Waals surface area contributed by atoms with Gasteiger partial charge in [0.1, 0.15) is 0 Å². The van der Waals surface area contributed by atoms with E-state index in [1.165, 1.54) is 6.42 Å². The second-order valence-corrected chi connectivity index (χ2v) is 4.95. The van der Waals surface area contributed by atoms with E-state index in [4.69, 9.17) is 0 Å². The van der Waals surface area contributed by atoms with Crippen molar-refractivity contribution in [2.75, 3.05) is 5.32 Å². The molecule has 2 aromatic rings. The predicted octanol–water partition coefficient (Wildman–Crippen LogP) is 3.48. The van der Waals surface area contributed by atoms with Crippen LogP contribution in [0.25, 0.3) is 5.65 Å². The summed E-state index contributed by atoms with van der Waals surface area (Å²) in [5.74, 6) is 0.706. The highest BCUT2D eigenvalue weighted by atomic mass is 79.9. The van der Waals surface area contributed by atoms with Crippen LogP contribution in [-0.2, 0) is 0 Å². The fraction of sp³-hybridized carbons (Fsp3) is 0.500. The fourth-order valence-corrected chi connectivity index (χ4v) is 2.27. The van der Waals surface area contributed by atoms with E-state index < -0.39 is 0 Å². The lowest BCUT2D eigenvalue weighted by Crippen LogP contribution is -2.18. The van der Waals surface area contributed by atoms with Crippen LogP contribution in [0.1, 0.15) is 33.1 Å². The average Bonchev–Trinajstić information content (AvgIpc) is 2.72. The molecule has 0 aliphatic carbocycles. The van der Waals surface area contributed by atoms with Gasteiger partial charge in [-0.1, -0.05) is 20.3 Å². The summed E-state index contributed by atoms with van der Waals surface area (Å²) in [5.41, 5.74) is 0.848. The van der Waals surface area contributed by atoms with Crippen LogP contribution in [0, 0.1) is 0 Å². The van der Waals surface area contributed by atoms with Crippen LogP contribution < -0.4 is 5.32 Å². The van der Waals surface area contributed by atoms with Gasteiger partial charge in [0.15, 0.2) is 5.65 Å². The van der Waals surface area contributed by atoms with Gasteiger partial charge in [-0.05, 0) is 40.9 Å². The second-order valence-electron chi connectivity index (χ2n) is 4.10. The van der Waals surface area contributed by atoms with Gasteiger partial charge in [-0.3, -0.25) is 0 Å². The molecule has 17 heavy (non-hydrogen) atoms. The first kappa shape index (κ1) is 12.4. The summed E-state index contributed by atoms with van der Waals surface area (Å²) >= 11 is 3.47. The molecule has 1 unspecified atom stereocenters. The lowest BCUT2D eigenvalue weighted by molar-refractivity contribution is 0.617. The fourth-order valence-electron chi connectivity index (χ4n) is 1.84. The van der Waals surface area contributed by atoms with Crippen molar-refractivity contribution in [2.45, 2.75) is 39.2 Å². The van der Waals surface area contributed by atoms with Gasteiger partial charge < -0.3 is 5.32 Å². The summed E-state index contributed by atoms with van der Waals surface area (Å²) in [5, 5.41) is 7.79. The Balaban J connectivity index is 2.21. The molecule has 2 rings (SSSR count). The van der Waals surface area contributed by atoms with Crippen molar-refractivity contribution in [1.82, 2.24) is 14.6 Å². The van der Waals surface area contributed by atoms with Crippen LogP contribution in [0.2, 0.25) is 0 Å². The summed E-state index contributed by atoms with van der Waals surface area (Å²) in [7, 11) is 0. The van der Waals surface area contributed by atoms with Gasteiger partial charge >= 0.3 is 0 Å². The lowest BCUT2D eigenvalue weighted by Gasteiger charge is -2.13. The zero-order valence-electron chi connectivity index (χ0n) is 10.2. The van der Waals surface area contributed by atoms with Crippen LogP contribution in [0.3, 0.4) is 0 Å². The van der Waals surface area contributed by atoms with Crippen LogP contribution >= 0.6 is 15.9 Å². The Kier molecular flexibility index (Phi) is 3.99. The van der Waals surface area contributed by atoms with Crippen molar-refractivity contribution in [1.29, 1.82) is 0 Å². The zero-order chi connectivity index (χ0) is 12.3. The summed E-state index contributed by atoms with van der Waals surface area (Å²) in [4.78, 5) is 4.48. The molecule has 92 valence electrons. The molecule has 0 saturated carbocycles. The maximum Gasteiger partial charge on any atom is 0.243 e. The number of anilines is 1. The molecule has 0 amide bonds. The minimum atomic E-state index is 0.455. The first-order valence-electron chi connectivity index (χ1n) is 6.02. The Hall–Kier alpha value is -1.10. The molecule has 0 bridgehead atoms. The van der Waals surface area contributed by atoms with Gasteiger partial charge in [0.05, 0.1) is 4.47 Å². The molecule has 1 atom stereocenters. The Morgan fingerprint density at radius 2 is 2.29 bits per heavy atom. The number of nitrogens with zero attached hydrogens (tertiary/aromatic N) is 3. The molecule has 1 N–H and O–H groups in total.